The Morgan fingerprint density at radius 1 is 0.690 bits per heavy atom. The standard InChI is InChI=1S/C27H19F2/c1-2-6-20-13-18-25(19-9-14-23(28)15-10-19)27(22-11-16-24(29)17-12-22)26(20)21-7-4-3-5-8-21/h2-5,7-17H,1,6H2. The van der Waals surface area contributed by atoms with Crippen molar-refractivity contribution in [1.29, 1.82) is 0 Å². The molecule has 0 heterocycles. The quantitative estimate of drug-likeness (QED) is 0.314. The van der Waals surface area contributed by atoms with E-state index < -0.39 is 0 Å². The molecule has 0 bridgehead atoms. The van der Waals surface area contributed by atoms with E-state index in [0.29, 0.717) is 6.42 Å². The van der Waals surface area contributed by atoms with Gasteiger partial charge in [-0.05, 0) is 81.8 Å². The molecule has 4 rings (SSSR count). The minimum Gasteiger partial charge on any atom is -0.207 e. The maximum atomic E-state index is 13.6. The fourth-order valence-corrected chi connectivity index (χ4v) is 3.59. The molecule has 4 aromatic carbocycles. The van der Waals surface area contributed by atoms with Gasteiger partial charge in [0, 0.05) is 0 Å². The van der Waals surface area contributed by atoms with Crippen molar-refractivity contribution in [3.05, 3.63) is 121 Å². The van der Waals surface area contributed by atoms with Crippen LogP contribution in [-0.4, -0.2) is 0 Å². The molecule has 0 amide bonds. The molecule has 0 unspecified atom stereocenters. The minimum atomic E-state index is -0.288. The molecule has 2 heteroatoms. The van der Waals surface area contributed by atoms with Gasteiger partial charge in [0.25, 0.3) is 0 Å². The molecule has 0 saturated carbocycles. The zero-order valence-corrected chi connectivity index (χ0v) is 15.8. The van der Waals surface area contributed by atoms with Crippen molar-refractivity contribution < 1.29 is 8.78 Å². The highest BCUT2D eigenvalue weighted by Crippen LogP contribution is 2.42. The Kier molecular flexibility index (Phi) is 5.35. The van der Waals surface area contributed by atoms with Crippen LogP contribution in [0.25, 0.3) is 33.4 Å². The van der Waals surface area contributed by atoms with Crippen molar-refractivity contribution in [1.82, 2.24) is 0 Å². The average Bonchev–Trinajstić information content (AvgIpc) is 2.75. The zero-order chi connectivity index (χ0) is 20.2. The van der Waals surface area contributed by atoms with E-state index in [9.17, 15) is 8.78 Å². The topological polar surface area (TPSA) is 0 Å². The second kappa shape index (κ2) is 8.24. The summed E-state index contributed by atoms with van der Waals surface area (Å²) in [7, 11) is 0. The van der Waals surface area contributed by atoms with E-state index >= 15 is 0 Å². The van der Waals surface area contributed by atoms with Crippen molar-refractivity contribution in [2.45, 2.75) is 6.42 Å². The highest BCUT2D eigenvalue weighted by molar-refractivity contribution is 5.95. The van der Waals surface area contributed by atoms with E-state index in [4.69, 9.17) is 0 Å². The van der Waals surface area contributed by atoms with E-state index in [1.807, 2.05) is 30.3 Å². The summed E-state index contributed by atoms with van der Waals surface area (Å²) in [6.07, 6.45) is 2.54. The summed E-state index contributed by atoms with van der Waals surface area (Å²) in [5, 5.41) is 0. The summed E-state index contributed by atoms with van der Waals surface area (Å²) in [5.74, 6) is -0.576. The van der Waals surface area contributed by atoms with Gasteiger partial charge in [0.15, 0.2) is 0 Å². The SMILES string of the molecule is C=CCc1c[c]c(-c2ccc(F)cc2)c(-c2ccc(F)cc2)c1-c1ccccc1. The fraction of sp³-hybridized carbons (Fsp3) is 0.0370. The van der Waals surface area contributed by atoms with Gasteiger partial charge in [0.05, 0.1) is 0 Å². The van der Waals surface area contributed by atoms with Crippen LogP contribution < -0.4 is 0 Å². The lowest BCUT2D eigenvalue weighted by atomic mass is 9.84. The van der Waals surface area contributed by atoms with Crippen molar-refractivity contribution >= 4 is 0 Å². The summed E-state index contributed by atoms with van der Waals surface area (Å²) < 4.78 is 27.1. The van der Waals surface area contributed by atoms with Gasteiger partial charge in [0.1, 0.15) is 11.6 Å². The van der Waals surface area contributed by atoms with Crippen LogP contribution in [0, 0.1) is 17.7 Å². The number of rotatable bonds is 5. The lowest BCUT2D eigenvalue weighted by Crippen LogP contribution is -1.97. The number of hydrogen-bond donors (Lipinski definition) is 0. The largest absolute Gasteiger partial charge is 0.207 e. The van der Waals surface area contributed by atoms with Crippen LogP contribution in [0.15, 0.2) is 97.6 Å². The first-order chi connectivity index (χ1) is 14.2. The van der Waals surface area contributed by atoms with Gasteiger partial charge in [-0.2, -0.15) is 0 Å². The lowest BCUT2D eigenvalue weighted by Gasteiger charge is -2.19. The lowest BCUT2D eigenvalue weighted by molar-refractivity contribution is 0.627. The third kappa shape index (κ3) is 3.88. The van der Waals surface area contributed by atoms with Gasteiger partial charge < -0.3 is 0 Å². The number of allylic oxidation sites excluding steroid dienone is 1. The van der Waals surface area contributed by atoms with E-state index in [1.54, 1.807) is 24.3 Å². The maximum absolute atomic E-state index is 13.6. The summed E-state index contributed by atoms with van der Waals surface area (Å²) in [4.78, 5) is 0. The van der Waals surface area contributed by atoms with Crippen LogP contribution in [0.3, 0.4) is 0 Å². The molecular formula is C27H19F2. The highest BCUT2D eigenvalue weighted by Gasteiger charge is 2.18. The molecule has 0 aliphatic rings. The molecular weight excluding hydrogens is 362 g/mol. The molecule has 0 nitrogen and oxygen atoms in total. The van der Waals surface area contributed by atoms with Crippen LogP contribution in [0.5, 0.6) is 0 Å². The van der Waals surface area contributed by atoms with Gasteiger partial charge in [-0.3, -0.25) is 0 Å². The monoisotopic (exact) mass is 381 g/mol. The summed E-state index contributed by atoms with van der Waals surface area (Å²) in [6, 6.07) is 28.3. The Morgan fingerprint density at radius 3 is 1.83 bits per heavy atom. The van der Waals surface area contributed by atoms with Gasteiger partial charge in [-0.25, -0.2) is 8.78 Å². The molecule has 0 fully saturated rings. The third-order valence-corrected chi connectivity index (χ3v) is 4.90. The Labute approximate surface area is 169 Å². The Hall–Kier alpha value is -3.52. The van der Waals surface area contributed by atoms with Crippen LogP contribution in [-0.2, 0) is 6.42 Å². The van der Waals surface area contributed by atoms with Crippen molar-refractivity contribution in [3.63, 3.8) is 0 Å². The van der Waals surface area contributed by atoms with E-state index in [-0.39, 0.29) is 11.6 Å². The first-order valence-corrected chi connectivity index (χ1v) is 9.43. The Morgan fingerprint density at radius 2 is 1.24 bits per heavy atom. The van der Waals surface area contributed by atoms with Gasteiger partial charge in [-0.15, -0.1) is 6.58 Å². The van der Waals surface area contributed by atoms with Crippen molar-refractivity contribution in [2.24, 2.45) is 0 Å². The average molecular weight is 381 g/mol. The van der Waals surface area contributed by atoms with Crippen molar-refractivity contribution in [3.8, 4) is 33.4 Å². The molecule has 141 valence electrons. The number of benzene rings is 4. The van der Waals surface area contributed by atoms with E-state index in [0.717, 1.165) is 38.9 Å². The molecule has 29 heavy (non-hydrogen) atoms. The van der Waals surface area contributed by atoms with E-state index in [2.05, 4.69) is 24.8 Å². The second-order valence-corrected chi connectivity index (χ2v) is 6.81. The molecule has 0 spiro atoms. The summed E-state index contributed by atoms with van der Waals surface area (Å²) in [5.41, 5.74) is 6.72. The van der Waals surface area contributed by atoms with Crippen LogP contribution >= 0.6 is 0 Å². The first kappa shape index (κ1) is 18.8. The molecule has 0 atom stereocenters. The molecule has 0 aromatic heterocycles. The molecule has 0 aliphatic heterocycles. The normalized spacial score (nSPS) is 10.7. The number of hydrogen-bond acceptors (Lipinski definition) is 0. The predicted octanol–water partition coefficient (Wildman–Crippen LogP) is 7.49. The molecule has 0 N–H and O–H groups in total. The highest BCUT2D eigenvalue weighted by atomic mass is 19.1. The molecule has 4 aromatic rings. The van der Waals surface area contributed by atoms with Gasteiger partial charge in [0.2, 0.25) is 0 Å². The molecule has 0 aliphatic carbocycles. The zero-order valence-electron chi connectivity index (χ0n) is 15.8. The van der Waals surface area contributed by atoms with Gasteiger partial charge in [-0.1, -0.05) is 60.7 Å². The summed E-state index contributed by atoms with van der Waals surface area (Å²) in [6.45, 7) is 3.89. The smallest absolute Gasteiger partial charge is 0.123 e. The minimum absolute atomic E-state index is 0.287. The first-order valence-electron chi connectivity index (χ1n) is 9.43. The maximum Gasteiger partial charge on any atom is 0.123 e. The van der Waals surface area contributed by atoms with Crippen LogP contribution in [0.1, 0.15) is 5.56 Å². The number of halogens is 2. The summed E-state index contributed by atoms with van der Waals surface area (Å²) >= 11 is 0. The predicted molar refractivity (Wildman–Crippen MR) is 115 cm³/mol. The Balaban J connectivity index is 2.07. The third-order valence-electron chi connectivity index (χ3n) is 4.90. The van der Waals surface area contributed by atoms with Crippen LogP contribution in [0.2, 0.25) is 0 Å². The van der Waals surface area contributed by atoms with Crippen LogP contribution in [0.4, 0.5) is 8.78 Å². The second-order valence-electron chi connectivity index (χ2n) is 6.81. The van der Waals surface area contributed by atoms with Gasteiger partial charge >= 0.3 is 0 Å². The molecule has 0 saturated heterocycles. The van der Waals surface area contributed by atoms with E-state index in [1.165, 1.54) is 24.3 Å². The van der Waals surface area contributed by atoms with Crippen molar-refractivity contribution in [2.75, 3.05) is 0 Å². The Bertz CT molecular complexity index is 1130. The molecule has 1 radical (unpaired) electrons. The fourth-order valence-electron chi connectivity index (χ4n) is 3.59.